The summed E-state index contributed by atoms with van der Waals surface area (Å²) in [5.74, 6) is 1.69. The SMILES string of the molecule is COc1ccc(-n2c(S[C@H](C)c3ccccc3)nc3c(c2=O)SCC3)cc1. The first kappa shape index (κ1) is 18.2. The summed E-state index contributed by atoms with van der Waals surface area (Å²) < 4.78 is 6.99. The van der Waals surface area contributed by atoms with E-state index in [1.54, 1.807) is 35.2 Å². The lowest BCUT2D eigenvalue weighted by Gasteiger charge is -2.17. The molecule has 0 amide bonds. The minimum atomic E-state index is 0.0235. The van der Waals surface area contributed by atoms with Crippen molar-refractivity contribution in [2.75, 3.05) is 12.9 Å². The Labute approximate surface area is 167 Å². The molecule has 1 atom stereocenters. The van der Waals surface area contributed by atoms with Crippen molar-refractivity contribution in [3.05, 3.63) is 76.2 Å². The van der Waals surface area contributed by atoms with Crippen LogP contribution in [0.25, 0.3) is 5.69 Å². The molecule has 0 saturated carbocycles. The standard InChI is InChI=1S/C21H20N2O2S2/c1-14(15-6-4-3-5-7-15)27-21-22-18-12-13-26-19(18)20(24)23(21)16-8-10-17(25-2)11-9-16/h3-11,14H,12-13H2,1-2H3/t14-/m1/s1. The molecule has 0 aliphatic carbocycles. The third-order valence-corrected chi connectivity index (χ3v) is 6.77. The van der Waals surface area contributed by atoms with Crippen LogP contribution in [0.15, 0.2) is 69.4 Å². The average Bonchev–Trinajstić information content (AvgIpc) is 3.18. The van der Waals surface area contributed by atoms with Crippen molar-refractivity contribution in [3.63, 3.8) is 0 Å². The van der Waals surface area contributed by atoms with E-state index < -0.39 is 0 Å². The van der Waals surface area contributed by atoms with Gasteiger partial charge in [-0.25, -0.2) is 4.98 Å². The lowest BCUT2D eigenvalue weighted by molar-refractivity contribution is 0.414. The number of nitrogens with zero attached hydrogens (tertiary/aromatic N) is 2. The molecule has 0 spiro atoms. The Morgan fingerprint density at radius 1 is 1.15 bits per heavy atom. The van der Waals surface area contributed by atoms with E-state index in [2.05, 4.69) is 19.1 Å². The molecule has 27 heavy (non-hydrogen) atoms. The molecule has 0 bridgehead atoms. The fourth-order valence-electron chi connectivity index (χ4n) is 3.08. The minimum Gasteiger partial charge on any atom is -0.497 e. The molecular formula is C21H20N2O2S2. The van der Waals surface area contributed by atoms with Gasteiger partial charge in [0, 0.05) is 17.4 Å². The van der Waals surface area contributed by atoms with Crippen LogP contribution in [0.4, 0.5) is 0 Å². The predicted molar refractivity (Wildman–Crippen MR) is 112 cm³/mol. The van der Waals surface area contributed by atoms with Gasteiger partial charge in [-0.15, -0.1) is 11.8 Å². The molecule has 0 fully saturated rings. The highest BCUT2D eigenvalue weighted by Gasteiger charge is 2.23. The number of ether oxygens (including phenoxy) is 1. The molecule has 0 N–H and O–H groups in total. The van der Waals surface area contributed by atoms with Gasteiger partial charge >= 0.3 is 0 Å². The maximum atomic E-state index is 13.2. The van der Waals surface area contributed by atoms with Crippen molar-refractivity contribution in [3.8, 4) is 11.4 Å². The molecule has 6 heteroatoms. The largest absolute Gasteiger partial charge is 0.497 e. The summed E-state index contributed by atoms with van der Waals surface area (Å²) in [6.07, 6.45) is 0.853. The fraction of sp³-hybridized carbons (Fsp3) is 0.238. The Balaban J connectivity index is 1.80. The second-order valence-corrected chi connectivity index (χ2v) is 8.69. The molecule has 2 aromatic carbocycles. The van der Waals surface area contributed by atoms with E-state index in [0.29, 0.717) is 0 Å². The Morgan fingerprint density at radius 2 is 1.89 bits per heavy atom. The van der Waals surface area contributed by atoms with Crippen LogP contribution in [-0.4, -0.2) is 22.4 Å². The molecule has 4 nitrogen and oxygen atoms in total. The average molecular weight is 397 g/mol. The van der Waals surface area contributed by atoms with Crippen molar-refractivity contribution < 1.29 is 4.74 Å². The summed E-state index contributed by atoms with van der Waals surface area (Å²) in [5, 5.41) is 0.928. The van der Waals surface area contributed by atoms with Crippen LogP contribution in [0, 0.1) is 0 Å². The first-order valence-corrected chi connectivity index (χ1v) is 10.7. The highest BCUT2D eigenvalue weighted by Crippen LogP contribution is 2.36. The number of aryl methyl sites for hydroxylation is 1. The summed E-state index contributed by atoms with van der Waals surface area (Å²) in [6, 6.07) is 17.9. The normalized spacial score (nSPS) is 14.0. The number of benzene rings is 2. The zero-order chi connectivity index (χ0) is 18.8. The van der Waals surface area contributed by atoms with Gasteiger partial charge in [-0.2, -0.15) is 0 Å². The number of fused-ring (bicyclic) bond motifs is 1. The van der Waals surface area contributed by atoms with E-state index in [0.717, 1.165) is 39.4 Å². The van der Waals surface area contributed by atoms with Gasteiger partial charge in [0.2, 0.25) is 0 Å². The topological polar surface area (TPSA) is 44.1 Å². The minimum absolute atomic E-state index is 0.0235. The van der Waals surface area contributed by atoms with Gasteiger partial charge in [0.15, 0.2) is 5.16 Å². The fourth-order valence-corrected chi connectivity index (χ4v) is 5.18. The Hall–Kier alpha value is -2.18. The van der Waals surface area contributed by atoms with Gasteiger partial charge in [0.05, 0.1) is 23.4 Å². The van der Waals surface area contributed by atoms with Crippen LogP contribution in [0.3, 0.4) is 0 Å². The van der Waals surface area contributed by atoms with Gasteiger partial charge in [0.25, 0.3) is 5.56 Å². The molecule has 0 saturated heterocycles. The van der Waals surface area contributed by atoms with E-state index >= 15 is 0 Å². The number of aromatic nitrogens is 2. The van der Waals surface area contributed by atoms with Crippen molar-refractivity contribution in [2.24, 2.45) is 0 Å². The molecule has 0 unspecified atom stereocenters. The Bertz CT molecular complexity index is 1000. The molecular weight excluding hydrogens is 376 g/mol. The van der Waals surface area contributed by atoms with E-state index in [1.165, 1.54) is 5.56 Å². The summed E-state index contributed by atoms with van der Waals surface area (Å²) >= 11 is 3.22. The maximum Gasteiger partial charge on any atom is 0.272 e. The second-order valence-electron chi connectivity index (χ2n) is 6.28. The zero-order valence-electron chi connectivity index (χ0n) is 15.2. The van der Waals surface area contributed by atoms with E-state index in [1.807, 2.05) is 42.5 Å². The van der Waals surface area contributed by atoms with Crippen LogP contribution >= 0.6 is 23.5 Å². The summed E-state index contributed by atoms with van der Waals surface area (Å²) in [5.41, 5.74) is 2.98. The van der Waals surface area contributed by atoms with E-state index in [9.17, 15) is 4.79 Å². The third-order valence-electron chi connectivity index (χ3n) is 4.55. The van der Waals surface area contributed by atoms with E-state index in [-0.39, 0.29) is 10.8 Å². The quantitative estimate of drug-likeness (QED) is 0.460. The molecule has 1 aliphatic heterocycles. The van der Waals surface area contributed by atoms with Gasteiger partial charge < -0.3 is 4.74 Å². The monoisotopic (exact) mass is 396 g/mol. The highest BCUT2D eigenvalue weighted by molar-refractivity contribution is 7.99. The molecule has 0 radical (unpaired) electrons. The summed E-state index contributed by atoms with van der Waals surface area (Å²) in [6.45, 7) is 2.15. The zero-order valence-corrected chi connectivity index (χ0v) is 16.8. The van der Waals surface area contributed by atoms with Crippen LogP contribution in [-0.2, 0) is 6.42 Å². The smallest absolute Gasteiger partial charge is 0.272 e. The van der Waals surface area contributed by atoms with E-state index in [4.69, 9.17) is 9.72 Å². The van der Waals surface area contributed by atoms with Crippen LogP contribution in [0.1, 0.15) is 23.4 Å². The molecule has 3 aromatic rings. The molecule has 2 heterocycles. The highest BCUT2D eigenvalue weighted by atomic mass is 32.2. The molecule has 1 aliphatic rings. The van der Waals surface area contributed by atoms with Crippen molar-refractivity contribution >= 4 is 23.5 Å². The van der Waals surface area contributed by atoms with Gasteiger partial charge in [-0.3, -0.25) is 9.36 Å². The molecule has 1 aromatic heterocycles. The number of thioether (sulfide) groups is 2. The summed E-state index contributed by atoms with van der Waals surface area (Å²) in [4.78, 5) is 18.9. The molecule has 4 rings (SSSR count). The number of hydrogen-bond donors (Lipinski definition) is 0. The van der Waals surface area contributed by atoms with Gasteiger partial charge in [-0.05, 0) is 36.8 Å². The van der Waals surface area contributed by atoms with Gasteiger partial charge in [-0.1, -0.05) is 42.1 Å². The van der Waals surface area contributed by atoms with Crippen LogP contribution in [0.2, 0.25) is 0 Å². The van der Waals surface area contributed by atoms with Crippen molar-refractivity contribution in [1.29, 1.82) is 0 Å². The van der Waals surface area contributed by atoms with Crippen LogP contribution < -0.4 is 10.3 Å². The lowest BCUT2D eigenvalue weighted by atomic mass is 10.2. The van der Waals surface area contributed by atoms with Crippen LogP contribution in [0.5, 0.6) is 5.75 Å². The van der Waals surface area contributed by atoms with Gasteiger partial charge in [0.1, 0.15) is 5.75 Å². The Morgan fingerprint density at radius 3 is 2.59 bits per heavy atom. The number of methoxy groups -OCH3 is 1. The maximum absolute atomic E-state index is 13.2. The van der Waals surface area contributed by atoms with Crippen molar-refractivity contribution in [1.82, 2.24) is 9.55 Å². The first-order chi connectivity index (χ1) is 13.2. The predicted octanol–water partition coefficient (Wildman–Crippen LogP) is 4.74. The third kappa shape index (κ3) is 3.64. The van der Waals surface area contributed by atoms with Crippen molar-refractivity contribution in [2.45, 2.75) is 28.6 Å². The lowest BCUT2D eigenvalue weighted by Crippen LogP contribution is -2.24. The Kier molecular flexibility index (Phi) is 5.27. The first-order valence-electron chi connectivity index (χ1n) is 8.82. The number of rotatable bonds is 5. The summed E-state index contributed by atoms with van der Waals surface area (Å²) in [7, 11) is 1.64. The second kappa shape index (κ2) is 7.82. The molecule has 138 valence electrons. The number of hydrogen-bond acceptors (Lipinski definition) is 5.